The molecular weight excluding hydrogens is 408 g/mol. The van der Waals surface area contributed by atoms with Crippen LogP contribution in [0.1, 0.15) is 25.5 Å². The number of nitrogens with one attached hydrogen (secondary N) is 3. The zero-order valence-electron chi connectivity index (χ0n) is 19.2. The van der Waals surface area contributed by atoms with Gasteiger partial charge in [0.05, 0.1) is 6.61 Å². The first-order valence-corrected chi connectivity index (χ1v) is 11.2. The van der Waals surface area contributed by atoms with Crippen molar-refractivity contribution < 1.29 is 14.3 Å². The van der Waals surface area contributed by atoms with Crippen molar-refractivity contribution in [3.8, 4) is 0 Å². The van der Waals surface area contributed by atoms with Crippen molar-refractivity contribution in [2.75, 3.05) is 46.9 Å². The van der Waals surface area contributed by atoms with Gasteiger partial charge in [0.1, 0.15) is 6.54 Å². The number of aromatic nitrogens is 1. The number of hydrogen-bond acceptors (Lipinski definition) is 4. The van der Waals surface area contributed by atoms with Crippen LogP contribution >= 0.6 is 0 Å². The first kappa shape index (κ1) is 23.4. The number of piperidine rings is 1. The summed E-state index contributed by atoms with van der Waals surface area (Å²) in [6, 6.07) is 10.5. The van der Waals surface area contributed by atoms with E-state index in [0.29, 0.717) is 32.2 Å². The molecular formula is C23H34N6O3. The van der Waals surface area contributed by atoms with Crippen LogP contribution in [0.4, 0.5) is 4.79 Å². The van der Waals surface area contributed by atoms with E-state index in [1.807, 2.05) is 19.1 Å². The molecule has 0 atom stereocenters. The lowest BCUT2D eigenvalue weighted by atomic mass is 10.1. The van der Waals surface area contributed by atoms with Crippen LogP contribution in [-0.2, 0) is 16.0 Å². The van der Waals surface area contributed by atoms with Gasteiger partial charge in [-0.05, 0) is 37.3 Å². The fraction of sp³-hybridized carbons (Fsp3) is 0.522. The number of nitrogens with zero attached hydrogens (tertiary/aromatic N) is 3. The third-order valence-electron chi connectivity index (χ3n) is 5.51. The normalized spacial score (nSPS) is 15.0. The molecule has 3 N–H and O–H groups in total. The third kappa shape index (κ3) is 6.63. The van der Waals surface area contributed by atoms with Crippen molar-refractivity contribution in [3.63, 3.8) is 0 Å². The minimum atomic E-state index is -0.257. The SMILES string of the molecule is CCOC(=O)N1CCC(NC(=NCC(=O)N(C)C)NCCc2cc3ccccc3[nH]2)CC1. The lowest BCUT2D eigenvalue weighted by Gasteiger charge is -2.32. The summed E-state index contributed by atoms with van der Waals surface area (Å²) in [5, 5.41) is 7.98. The van der Waals surface area contributed by atoms with Crippen molar-refractivity contribution in [1.82, 2.24) is 25.4 Å². The van der Waals surface area contributed by atoms with Crippen LogP contribution in [0.5, 0.6) is 0 Å². The number of ether oxygens (including phenoxy) is 1. The third-order valence-corrected chi connectivity index (χ3v) is 5.51. The smallest absolute Gasteiger partial charge is 0.409 e. The van der Waals surface area contributed by atoms with Gasteiger partial charge in [-0.1, -0.05) is 18.2 Å². The highest BCUT2D eigenvalue weighted by molar-refractivity contribution is 5.85. The zero-order chi connectivity index (χ0) is 22.9. The van der Waals surface area contributed by atoms with E-state index < -0.39 is 0 Å². The molecule has 0 aliphatic carbocycles. The van der Waals surface area contributed by atoms with E-state index in [1.54, 1.807) is 19.0 Å². The molecule has 9 nitrogen and oxygen atoms in total. The fourth-order valence-electron chi connectivity index (χ4n) is 3.64. The summed E-state index contributed by atoms with van der Waals surface area (Å²) in [4.78, 5) is 35.1. The Morgan fingerprint density at radius 1 is 1.25 bits per heavy atom. The average Bonchev–Trinajstić information content (AvgIpc) is 3.20. The summed E-state index contributed by atoms with van der Waals surface area (Å²) in [5.41, 5.74) is 2.27. The molecule has 9 heteroatoms. The highest BCUT2D eigenvalue weighted by atomic mass is 16.6. The van der Waals surface area contributed by atoms with Gasteiger partial charge in [0.2, 0.25) is 5.91 Å². The molecule has 1 saturated heterocycles. The zero-order valence-corrected chi connectivity index (χ0v) is 19.2. The molecule has 1 aliphatic rings. The number of fused-ring (bicyclic) bond motifs is 1. The van der Waals surface area contributed by atoms with Crippen molar-refractivity contribution in [1.29, 1.82) is 0 Å². The molecule has 1 aliphatic heterocycles. The molecule has 32 heavy (non-hydrogen) atoms. The molecule has 1 aromatic heterocycles. The number of aliphatic imine (C=N–C) groups is 1. The van der Waals surface area contributed by atoms with Crippen LogP contribution in [0.25, 0.3) is 10.9 Å². The van der Waals surface area contributed by atoms with E-state index in [-0.39, 0.29) is 24.6 Å². The Kier molecular flexibility index (Phi) is 8.35. The quantitative estimate of drug-likeness (QED) is 0.449. The lowest BCUT2D eigenvalue weighted by molar-refractivity contribution is -0.127. The Bertz CT molecular complexity index is 898. The van der Waals surface area contributed by atoms with Gasteiger partial charge in [0, 0.05) is 57.4 Å². The topological polar surface area (TPSA) is 102 Å². The van der Waals surface area contributed by atoms with Gasteiger partial charge in [-0.3, -0.25) is 4.79 Å². The predicted molar refractivity (Wildman–Crippen MR) is 126 cm³/mol. The number of guanidine groups is 1. The second-order valence-electron chi connectivity index (χ2n) is 8.12. The molecule has 0 radical (unpaired) electrons. The number of likely N-dealkylation sites (tertiary alicyclic amines) is 1. The maximum Gasteiger partial charge on any atom is 0.409 e. The first-order valence-electron chi connectivity index (χ1n) is 11.2. The lowest BCUT2D eigenvalue weighted by Crippen LogP contribution is -2.50. The Hall–Kier alpha value is -3.23. The summed E-state index contributed by atoms with van der Waals surface area (Å²) < 4.78 is 5.09. The second kappa shape index (κ2) is 11.4. The number of H-pyrrole nitrogens is 1. The summed E-state index contributed by atoms with van der Waals surface area (Å²) in [6.07, 6.45) is 2.14. The number of amides is 2. The van der Waals surface area contributed by atoms with Crippen LogP contribution in [0.3, 0.4) is 0 Å². The second-order valence-corrected chi connectivity index (χ2v) is 8.12. The Labute approximate surface area is 189 Å². The van der Waals surface area contributed by atoms with Crippen LogP contribution < -0.4 is 10.6 Å². The molecule has 2 aromatic rings. The van der Waals surface area contributed by atoms with Crippen molar-refractivity contribution in [3.05, 3.63) is 36.0 Å². The molecule has 2 heterocycles. The Balaban J connectivity index is 1.55. The number of aromatic amines is 1. The number of benzene rings is 1. The molecule has 1 fully saturated rings. The molecule has 0 unspecified atom stereocenters. The minimum Gasteiger partial charge on any atom is -0.450 e. The van der Waals surface area contributed by atoms with Gasteiger partial charge < -0.3 is 30.2 Å². The van der Waals surface area contributed by atoms with Crippen molar-refractivity contribution in [2.45, 2.75) is 32.2 Å². The standard InChI is InChI=1S/C23H34N6O3/c1-4-32-23(31)29-13-10-18(11-14-29)27-22(25-16-21(30)28(2)3)24-12-9-19-15-17-7-5-6-8-20(17)26-19/h5-8,15,18,26H,4,9-14,16H2,1-3H3,(H2,24,25,27). The van der Waals surface area contributed by atoms with E-state index in [2.05, 4.69) is 38.8 Å². The molecule has 0 saturated carbocycles. The van der Waals surface area contributed by atoms with Crippen molar-refractivity contribution in [2.24, 2.45) is 4.99 Å². The number of hydrogen-bond donors (Lipinski definition) is 3. The van der Waals surface area contributed by atoms with E-state index >= 15 is 0 Å². The Morgan fingerprint density at radius 2 is 2.00 bits per heavy atom. The molecule has 0 spiro atoms. The number of para-hydroxylation sites is 1. The molecule has 3 rings (SSSR count). The van der Waals surface area contributed by atoms with Crippen molar-refractivity contribution >= 4 is 28.9 Å². The van der Waals surface area contributed by atoms with Gasteiger partial charge in [0.15, 0.2) is 5.96 Å². The summed E-state index contributed by atoms with van der Waals surface area (Å²) in [5.74, 6) is 0.560. The van der Waals surface area contributed by atoms with Gasteiger partial charge in [-0.25, -0.2) is 9.79 Å². The highest BCUT2D eigenvalue weighted by Crippen LogP contribution is 2.15. The van der Waals surface area contributed by atoms with E-state index in [1.165, 1.54) is 10.3 Å². The number of likely N-dealkylation sites (N-methyl/N-ethyl adjacent to an activating group) is 1. The van der Waals surface area contributed by atoms with Gasteiger partial charge >= 0.3 is 6.09 Å². The summed E-state index contributed by atoms with van der Waals surface area (Å²) in [7, 11) is 3.44. The molecule has 174 valence electrons. The number of carbonyl (C=O) groups excluding carboxylic acids is 2. The molecule has 2 amide bonds. The number of rotatable bonds is 7. The molecule has 1 aromatic carbocycles. The average molecular weight is 443 g/mol. The first-order chi connectivity index (χ1) is 15.5. The van der Waals surface area contributed by atoms with Gasteiger partial charge in [-0.2, -0.15) is 0 Å². The van der Waals surface area contributed by atoms with Crippen LogP contribution in [0.2, 0.25) is 0 Å². The van der Waals surface area contributed by atoms with E-state index in [4.69, 9.17) is 4.74 Å². The Morgan fingerprint density at radius 3 is 2.69 bits per heavy atom. The van der Waals surface area contributed by atoms with Crippen LogP contribution in [-0.4, -0.2) is 85.7 Å². The maximum absolute atomic E-state index is 12.0. The number of carbonyl (C=O) groups is 2. The fourth-order valence-corrected chi connectivity index (χ4v) is 3.64. The van der Waals surface area contributed by atoms with Crippen LogP contribution in [0, 0.1) is 0 Å². The molecule has 0 bridgehead atoms. The summed E-state index contributed by atoms with van der Waals surface area (Å²) >= 11 is 0. The summed E-state index contributed by atoms with van der Waals surface area (Å²) in [6.45, 7) is 4.22. The minimum absolute atomic E-state index is 0.0566. The van der Waals surface area contributed by atoms with Crippen LogP contribution in [0.15, 0.2) is 35.3 Å². The van der Waals surface area contributed by atoms with E-state index in [9.17, 15) is 9.59 Å². The largest absolute Gasteiger partial charge is 0.450 e. The van der Waals surface area contributed by atoms with E-state index in [0.717, 1.165) is 30.5 Å². The highest BCUT2D eigenvalue weighted by Gasteiger charge is 2.24. The van der Waals surface area contributed by atoms with Gasteiger partial charge in [-0.15, -0.1) is 0 Å². The predicted octanol–water partition coefficient (Wildman–Crippen LogP) is 1.95. The van der Waals surface area contributed by atoms with Gasteiger partial charge in [0.25, 0.3) is 0 Å². The monoisotopic (exact) mass is 442 g/mol. The maximum atomic E-state index is 12.0.